The minimum Gasteiger partial charge on any atom is -0.478 e. The van der Waals surface area contributed by atoms with Gasteiger partial charge in [-0.05, 0) is 35.6 Å². The normalized spacial score (nSPS) is 11.0. The number of unbranched alkanes of at least 4 members (excludes halogenated alkanes) is 1. The SMILES string of the molecule is CCCCC(=O)n1c(CF)c(CCC)n(Cc2ccc(-c3ccccc3C(=O)O)cc2)c1=O. The summed E-state index contributed by atoms with van der Waals surface area (Å²) in [5.74, 6) is -1.37. The zero-order chi connectivity index (χ0) is 24.0. The van der Waals surface area contributed by atoms with Crippen LogP contribution in [-0.4, -0.2) is 26.1 Å². The van der Waals surface area contributed by atoms with Crippen LogP contribution in [0.25, 0.3) is 11.1 Å². The molecule has 1 heterocycles. The number of carboxylic acids is 1. The maximum absolute atomic E-state index is 14.0. The molecule has 3 aromatic rings. The summed E-state index contributed by atoms with van der Waals surface area (Å²) in [6, 6.07) is 14.0. The van der Waals surface area contributed by atoms with Crippen molar-refractivity contribution in [1.29, 1.82) is 0 Å². The van der Waals surface area contributed by atoms with Crippen molar-refractivity contribution in [2.24, 2.45) is 0 Å². The minimum absolute atomic E-state index is 0.148. The zero-order valence-electron chi connectivity index (χ0n) is 19.0. The Morgan fingerprint density at radius 2 is 1.67 bits per heavy atom. The summed E-state index contributed by atoms with van der Waals surface area (Å²) >= 11 is 0. The number of rotatable bonds is 10. The molecule has 0 aliphatic heterocycles. The lowest BCUT2D eigenvalue weighted by Gasteiger charge is -2.10. The summed E-state index contributed by atoms with van der Waals surface area (Å²) in [6.45, 7) is 3.23. The summed E-state index contributed by atoms with van der Waals surface area (Å²) in [5, 5.41) is 9.44. The van der Waals surface area contributed by atoms with Crippen molar-refractivity contribution in [3.63, 3.8) is 0 Å². The number of carboxylic acid groups (broad SMARTS) is 1. The average molecular weight is 453 g/mol. The third-order valence-corrected chi connectivity index (χ3v) is 5.72. The van der Waals surface area contributed by atoms with Crippen LogP contribution >= 0.6 is 0 Å². The third-order valence-electron chi connectivity index (χ3n) is 5.72. The average Bonchev–Trinajstić information content (AvgIpc) is 3.08. The van der Waals surface area contributed by atoms with Crippen molar-refractivity contribution in [2.45, 2.75) is 59.2 Å². The lowest BCUT2D eigenvalue weighted by atomic mass is 9.99. The van der Waals surface area contributed by atoms with Crippen LogP contribution in [0.1, 0.15) is 71.6 Å². The van der Waals surface area contributed by atoms with E-state index in [0.29, 0.717) is 30.5 Å². The van der Waals surface area contributed by atoms with Gasteiger partial charge in [-0.25, -0.2) is 18.5 Å². The van der Waals surface area contributed by atoms with E-state index in [0.717, 1.165) is 22.1 Å². The first-order valence-electron chi connectivity index (χ1n) is 11.3. The van der Waals surface area contributed by atoms with Crippen LogP contribution in [0.2, 0.25) is 0 Å². The zero-order valence-corrected chi connectivity index (χ0v) is 19.0. The molecule has 0 fully saturated rings. The van der Waals surface area contributed by atoms with Crippen LogP contribution in [0.5, 0.6) is 0 Å². The molecular formula is C26H29FN2O4. The minimum atomic E-state index is -1.00. The molecule has 0 bridgehead atoms. The molecule has 1 N–H and O–H groups in total. The summed E-state index contributed by atoms with van der Waals surface area (Å²) in [7, 11) is 0. The second kappa shape index (κ2) is 10.9. The van der Waals surface area contributed by atoms with Gasteiger partial charge in [0.25, 0.3) is 0 Å². The molecule has 0 amide bonds. The fraction of sp³-hybridized carbons (Fsp3) is 0.346. The fourth-order valence-corrected chi connectivity index (χ4v) is 4.04. The van der Waals surface area contributed by atoms with E-state index in [1.54, 1.807) is 36.4 Å². The summed E-state index contributed by atoms with van der Waals surface area (Å²) in [6.07, 6.45) is 2.86. The largest absolute Gasteiger partial charge is 0.478 e. The van der Waals surface area contributed by atoms with Gasteiger partial charge in [0.05, 0.1) is 17.8 Å². The molecule has 7 heteroatoms. The van der Waals surface area contributed by atoms with Crippen molar-refractivity contribution >= 4 is 11.9 Å². The molecule has 0 atom stereocenters. The summed E-state index contributed by atoms with van der Waals surface area (Å²) in [4.78, 5) is 37.3. The molecule has 0 aliphatic rings. The van der Waals surface area contributed by atoms with E-state index in [1.165, 1.54) is 4.57 Å². The topological polar surface area (TPSA) is 81.3 Å². The van der Waals surface area contributed by atoms with Gasteiger partial charge in [-0.1, -0.05) is 69.2 Å². The number of aromatic nitrogens is 2. The number of aromatic carboxylic acids is 1. The highest BCUT2D eigenvalue weighted by Gasteiger charge is 2.23. The fourth-order valence-electron chi connectivity index (χ4n) is 4.04. The van der Waals surface area contributed by atoms with E-state index >= 15 is 0 Å². The first-order valence-corrected chi connectivity index (χ1v) is 11.3. The van der Waals surface area contributed by atoms with Crippen molar-refractivity contribution < 1.29 is 19.1 Å². The number of carbonyl (C=O) groups is 2. The second-order valence-corrected chi connectivity index (χ2v) is 8.03. The monoisotopic (exact) mass is 452 g/mol. The number of hydrogen-bond donors (Lipinski definition) is 1. The van der Waals surface area contributed by atoms with Gasteiger partial charge < -0.3 is 5.11 Å². The van der Waals surface area contributed by atoms with Gasteiger partial charge in [-0.2, -0.15) is 0 Å². The molecule has 0 saturated heterocycles. The standard InChI is InChI=1S/C26H29FN2O4/c1-3-5-11-24(30)29-23(16-27)22(8-4-2)28(26(29)33)17-18-12-14-19(15-13-18)20-9-6-7-10-21(20)25(31)32/h6-7,9-10,12-15H,3-5,8,11,16-17H2,1-2H3,(H,31,32). The second-order valence-electron chi connectivity index (χ2n) is 8.03. The number of alkyl halides is 1. The van der Waals surface area contributed by atoms with Gasteiger partial charge in [0.1, 0.15) is 6.67 Å². The smallest absolute Gasteiger partial charge is 0.336 e. The lowest BCUT2D eigenvalue weighted by Crippen LogP contribution is -2.30. The predicted octanol–water partition coefficient (Wildman–Crippen LogP) is 5.32. The third kappa shape index (κ3) is 5.13. The Kier molecular flexibility index (Phi) is 7.98. The summed E-state index contributed by atoms with van der Waals surface area (Å²) in [5.41, 5.74) is 2.55. The molecule has 0 unspecified atom stereocenters. The van der Waals surface area contributed by atoms with E-state index in [2.05, 4.69) is 0 Å². The molecule has 3 rings (SSSR count). The van der Waals surface area contributed by atoms with E-state index in [1.807, 2.05) is 26.0 Å². The lowest BCUT2D eigenvalue weighted by molar-refractivity contribution is 0.0697. The van der Waals surface area contributed by atoms with E-state index < -0.39 is 18.3 Å². The molecule has 6 nitrogen and oxygen atoms in total. The Morgan fingerprint density at radius 1 is 0.970 bits per heavy atom. The number of nitrogens with zero attached hydrogens (tertiary/aromatic N) is 2. The van der Waals surface area contributed by atoms with Gasteiger partial charge in [0.15, 0.2) is 0 Å². The number of imidazole rings is 1. The van der Waals surface area contributed by atoms with Crippen molar-refractivity contribution in [1.82, 2.24) is 9.13 Å². The molecule has 174 valence electrons. The first kappa shape index (κ1) is 24.2. The highest BCUT2D eigenvalue weighted by Crippen LogP contribution is 2.25. The Labute approximate surface area is 192 Å². The number of halogens is 1. The van der Waals surface area contributed by atoms with Crippen LogP contribution in [0.15, 0.2) is 53.3 Å². The molecule has 0 saturated carbocycles. The maximum atomic E-state index is 14.0. The highest BCUT2D eigenvalue weighted by molar-refractivity contribution is 5.96. The van der Waals surface area contributed by atoms with Gasteiger partial charge in [0, 0.05) is 12.1 Å². The molecule has 0 aliphatic carbocycles. The van der Waals surface area contributed by atoms with Crippen LogP contribution in [0, 0.1) is 0 Å². The molecule has 1 aromatic heterocycles. The number of benzene rings is 2. The molecule has 2 aromatic carbocycles. The van der Waals surface area contributed by atoms with Crippen molar-refractivity contribution in [3.8, 4) is 11.1 Å². The van der Waals surface area contributed by atoms with Gasteiger partial charge in [-0.3, -0.25) is 9.36 Å². The number of hydrogen-bond acceptors (Lipinski definition) is 3. The first-order chi connectivity index (χ1) is 15.9. The van der Waals surface area contributed by atoms with Gasteiger partial charge in [0.2, 0.25) is 5.91 Å². The van der Waals surface area contributed by atoms with E-state index in [4.69, 9.17) is 0 Å². The van der Waals surface area contributed by atoms with Crippen LogP contribution in [0.4, 0.5) is 4.39 Å². The Morgan fingerprint density at radius 3 is 2.27 bits per heavy atom. The van der Waals surface area contributed by atoms with Crippen LogP contribution in [-0.2, 0) is 19.6 Å². The Hall–Kier alpha value is -3.48. The molecule has 0 radical (unpaired) electrons. The molecule has 0 spiro atoms. The Balaban J connectivity index is 1.98. The van der Waals surface area contributed by atoms with Crippen LogP contribution < -0.4 is 5.69 Å². The predicted molar refractivity (Wildman–Crippen MR) is 126 cm³/mol. The van der Waals surface area contributed by atoms with Gasteiger partial charge in [-0.15, -0.1) is 0 Å². The molecule has 33 heavy (non-hydrogen) atoms. The van der Waals surface area contributed by atoms with Crippen molar-refractivity contribution in [3.05, 3.63) is 81.5 Å². The Bertz CT molecular complexity index is 1190. The van der Waals surface area contributed by atoms with Crippen LogP contribution in [0.3, 0.4) is 0 Å². The van der Waals surface area contributed by atoms with E-state index in [9.17, 15) is 23.9 Å². The van der Waals surface area contributed by atoms with Crippen molar-refractivity contribution in [2.75, 3.05) is 0 Å². The highest BCUT2D eigenvalue weighted by atomic mass is 19.1. The maximum Gasteiger partial charge on any atom is 0.336 e. The number of carbonyl (C=O) groups excluding carboxylic acids is 1. The van der Waals surface area contributed by atoms with E-state index in [-0.39, 0.29) is 30.1 Å². The summed E-state index contributed by atoms with van der Waals surface area (Å²) < 4.78 is 16.5. The van der Waals surface area contributed by atoms with Gasteiger partial charge >= 0.3 is 11.7 Å². The molecular weight excluding hydrogens is 423 g/mol. The quantitative estimate of drug-likeness (QED) is 0.452.